The molecule has 7 saturated heterocycles. The molecule has 8 aromatic rings. The number of amides is 7. The molecule has 8 atom stereocenters. The van der Waals surface area contributed by atoms with Gasteiger partial charge >= 0.3 is 61.6 Å². The Morgan fingerprint density at radius 3 is 0.993 bits per heavy atom. The van der Waals surface area contributed by atoms with E-state index in [1.165, 1.54) is 121 Å². The molecule has 0 bridgehead atoms. The van der Waals surface area contributed by atoms with Crippen LogP contribution in [0.1, 0.15) is 176 Å². The second kappa shape index (κ2) is 51.8. The van der Waals surface area contributed by atoms with Crippen LogP contribution in [0.2, 0.25) is 13.6 Å². The number of nitrogens with one attached hydrogen (secondary N) is 3. The average Bonchev–Trinajstić information content (AvgIpc) is 1.64. The molecule has 16 rings (SSSR count). The molecule has 17 N–H and O–H groups in total. The summed E-state index contributed by atoms with van der Waals surface area (Å²) in [6, 6.07) is 58.0. The van der Waals surface area contributed by atoms with Crippen LogP contribution in [-0.2, 0) is 53.1 Å². The number of hydrogen-bond donors (Lipinski definition) is 15. The van der Waals surface area contributed by atoms with E-state index in [0.717, 1.165) is 62.0 Å². The molecular weight excluding hydrogens is 1850 g/mol. The maximum atomic E-state index is 13.2. The van der Waals surface area contributed by atoms with E-state index in [-0.39, 0.29) is 109 Å². The Morgan fingerprint density at radius 2 is 0.707 bits per heavy atom. The number of hydrogen-bond acceptors (Lipinski definition) is 27. The first-order valence-corrected chi connectivity index (χ1v) is 45.4. The summed E-state index contributed by atoms with van der Waals surface area (Å²) in [5.41, 5.74) is 12.4. The Hall–Kier alpha value is -10.7. The van der Waals surface area contributed by atoms with Crippen LogP contribution in [0.5, 0.6) is 0 Å². The number of β-amino-alcohol motifs (C(OH)–C–C–N with tert-alkyl or cyclic N) is 4. The third-order valence-corrected chi connectivity index (χ3v) is 25.3. The van der Waals surface area contributed by atoms with Crippen molar-refractivity contribution >= 4 is 127 Å². The van der Waals surface area contributed by atoms with Gasteiger partial charge in [0, 0.05) is 98.0 Å². The van der Waals surface area contributed by atoms with E-state index in [1.54, 1.807) is 122 Å². The van der Waals surface area contributed by atoms with Crippen molar-refractivity contribution in [2.45, 2.75) is 171 Å². The summed E-state index contributed by atoms with van der Waals surface area (Å²) >= 11 is 0. The predicted octanol–water partition coefficient (Wildman–Crippen LogP) is 3.55. The van der Waals surface area contributed by atoms with Crippen LogP contribution in [0, 0.1) is 0 Å². The maximum Gasteiger partial charge on any atom is 1.00 e. The molecule has 0 aromatic heterocycles. The Morgan fingerprint density at radius 1 is 0.429 bits per heavy atom. The van der Waals surface area contributed by atoms with Gasteiger partial charge in [-0.25, -0.2) is 14.4 Å². The average molecular weight is 1980 g/mol. The minimum absolute atomic E-state index is 0. The van der Waals surface area contributed by atoms with Crippen LogP contribution in [0.15, 0.2) is 206 Å². The molecule has 40 heteroatoms. The smallest absolute Gasteiger partial charge is 0.870 e. The van der Waals surface area contributed by atoms with Crippen LogP contribution in [-0.4, -0.2) is 278 Å². The third-order valence-electron chi connectivity index (χ3n) is 25.3. The van der Waals surface area contributed by atoms with Gasteiger partial charge in [0.05, 0.1) is 57.1 Å². The number of methoxy groups -OCH3 is 2. The van der Waals surface area contributed by atoms with Crippen LogP contribution >= 0.6 is 24.8 Å². The Balaban J connectivity index is 0.000000233. The van der Waals surface area contributed by atoms with E-state index in [1.807, 2.05) is 41.0 Å². The number of carboxylic acid groups (broad SMARTS) is 1. The van der Waals surface area contributed by atoms with E-state index >= 15 is 0 Å². The van der Waals surface area contributed by atoms with Crippen molar-refractivity contribution in [2.75, 3.05) is 111 Å². The fraction of sp³-hybridized carbons (Fsp3) is 0.400. The van der Waals surface area contributed by atoms with Gasteiger partial charge in [-0.1, -0.05) is 103 Å². The first-order chi connectivity index (χ1) is 64.5. The van der Waals surface area contributed by atoms with E-state index in [0.29, 0.717) is 114 Å². The zero-order valence-corrected chi connectivity index (χ0v) is 83.8. The van der Waals surface area contributed by atoms with Gasteiger partial charge in [0.25, 0.3) is 41.4 Å². The van der Waals surface area contributed by atoms with E-state index in [2.05, 4.69) is 73.8 Å². The molecule has 0 aliphatic carbocycles. The van der Waals surface area contributed by atoms with E-state index in [9.17, 15) is 98.8 Å². The van der Waals surface area contributed by atoms with Gasteiger partial charge in [-0.05, 0) is 248 Å². The quantitative estimate of drug-likeness (QED) is 0.0383. The van der Waals surface area contributed by atoms with Gasteiger partial charge in [0.1, 0.15) is 22.4 Å². The van der Waals surface area contributed by atoms with Crippen LogP contribution in [0.4, 0.5) is 28.4 Å². The van der Waals surface area contributed by atoms with Gasteiger partial charge in [-0.3, -0.25) is 33.6 Å². The number of esters is 2. The molecule has 8 heterocycles. The minimum Gasteiger partial charge on any atom is -0.870 e. The number of carbonyl (C=O) groups is 10. The number of ether oxygens (including phenoxy) is 2. The molecule has 746 valence electrons. The zero-order chi connectivity index (χ0) is 98.8. The number of carbonyl (C=O) groups excluding carboxylic acids is 9. The molecule has 35 nitrogen and oxygen atoms in total. The van der Waals surface area contributed by atoms with Crippen LogP contribution < -0.4 is 75.6 Å². The number of aliphatic hydroxyl groups excluding tert-OH is 4. The fourth-order valence-electron chi connectivity index (χ4n) is 17.4. The predicted molar refractivity (Wildman–Crippen MR) is 529 cm³/mol. The molecule has 0 radical (unpaired) electrons. The van der Waals surface area contributed by atoms with Crippen molar-refractivity contribution in [1.29, 1.82) is 0 Å². The van der Waals surface area contributed by atoms with Gasteiger partial charge in [-0.15, -0.1) is 24.8 Å². The molecule has 140 heavy (non-hydrogen) atoms. The van der Waals surface area contributed by atoms with Crippen molar-refractivity contribution in [2.24, 2.45) is 5.73 Å². The summed E-state index contributed by atoms with van der Waals surface area (Å²) in [7, 11) is 1.60. The summed E-state index contributed by atoms with van der Waals surface area (Å²) in [4.78, 5) is 130. The van der Waals surface area contributed by atoms with Gasteiger partial charge in [-0.2, -0.15) is 0 Å². The SMILES string of the molecule is CB(O)NCc1cccc(C2CCN(C(=O)c3cccc(N4C[C@@](C)(O)[C@@H](O)C4=O)c3)CC2)c1.CB(O)NCc1cccc(C2CCNCC2)c1.COC(=O)c1cccc(N2CC(C)=CC2=O)c1.COC(=O)c1cccc(N2C[C@@](C)(O)[C@@H](O)C2=O)c1.C[C@@]1(O)CN(c2cccc(C(=O)N3CCC(c4cccc(CN)c4)CC3)c2)C(=O)[C@@H]1O.C[C@@]1(O)CN(c2cccc(C(=O)O)c2)C(=O)[C@@H]1O.Cl.Cl.[Na+].[OH-]. The Bertz CT molecular complexity index is 5660. The fourth-order valence-corrected chi connectivity index (χ4v) is 17.4. The number of likely N-dealkylation sites (tertiary alicyclic amines) is 2. The van der Waals surface area contributed by atoms with Crippen molar-refractivity contribution in [3.63, 3.8) is 0 Å². The number of rotatable bonds is 20. The number of nitrogens with two attached hydrogens (primary N) is 1. The number of carboxylic acids is 1. The van der Waals surface area contributed by atoms with Gasteiger partial charge < -0.3 is 127 Å². The van der Waals surface area contributed by atoms with Gasteiger partial charge in [0.15, 0.2) is 24.4 Å². The van der Waals surface area contributed by atoms with Gasteiger partial charge in [0.2, 0.25) is 0 Å². The molecule has 7 fully saturated rings. The second-order valence-electron chi connectivity index (χ2n) is 36.4. The summed E-state index contributed by atoms with van der Waals surface area (Å²) in [5, 5.41) is 116. The molecule has 0 spiro atoms. The molecule has 8 aliphatic rings. The molecule has 8 aromatic carbocycles. The summed E-state index contributed by atoms with van der Waals surface area (Å²) in [5.74, 6) is -3.11. The molecule has 8 aliphatic heterocycles. The Kier molecular flexibility index (Phi) is 43.0. The summed E-state index contributed by atoms with van der Waals surface area (Å²) < 4.78 is 9.25. The van der Waals surface area contributed by atoms with Crippen LogP contribution in [0.3, 0.4) is 0 Å². The normalized spacial score (nSPS) is 22.2. The summed E-state index contributed by atoms with van der Waals surface area (Å²) in [6.45, 7) is 18.1. The second-order valence-corrected chi connectivity index (χ2v) is 36.4. The number of halogens is 2. The molecule has 7 amide bonds. The third kappa shape index (κ3) is 29.7. The Labute approximate surface area is 849 Å². The largest absolute Gasteiger partial charge is 1.00 e. The molecular formula is C100H126B2Cl2N11NaO24. The summed E-state index contributed by atoms with van der Waals surface area (Å²) in [6.07, 6.45) is 1.65. The van der Waals surface area contributed by atoms with Crippen molar-refractivity contribution < 1.29 is 148 Å². The first-order valence-electron chi connectivity index (χ1n) is 45.4. The van der Waals surface area contributed by atoms with Crippen molar-refractivity contribution in [3.8, 4) is 0 Å². The van der Waals surface area contributed by atoms with Crippen molar-refractivity contribution in [1.82, 2.24) is 25.6 Å². The monoisotopic (exact) mass is 1980 g/mol. The van der Waals surface area contributed by atoms with Crippen molar-refractivity contribution in [3.05, 3.63) is 267 Å². The maximum absolute atomic E-state index is 13.2. The van der Waals surface area contributed by atoms with E-state index in [4.69, 9.17) is 10.8 Å². The number of benzene rings is 8. The standard InChI is InChI=1S/C25H32BN3O5.C24H29N3O4.C13H21BN2O.C13H15NO5.C13H13NO3.C12H13NO5.2ClH.Na.H2O/c1-25(33)16-29(24(32)22(25)30)21-8-4-7-20(14-21)23(31)28-11-9-18(10-12-28)19-6-3-5-17(13-19)15-27-26(2)34;1-24(31)15-27(23(30)21(24)28)20-7-3-6-19(13-20)22(29)26-10-8-17(9-11-26)18-5-2-4-16(12-18)14-25;1-14(17)16-10-11-3-2-4-13(9-11)12-5-7-15-8-6-12;1-13(18)7-14(11(16)10(13)15)9-5-3-4-8(6-9)12(17)19-2;1-9-6-12(15)14(8-9)11-5-3-4-10(7-11)13(16)17-2;1-12(18)6-13(10(15)9(12)14)8-4-2-3-7(5-8)11(16)17;;;;/h3-8,13-14,18,22,27,30,33-34H,9-12,15-16H2,1-2H3;2-7,12-13,17,21,28,31H,8-11,14-15,25H2,1H3;2-4,9,12,15-17H,5-8,10H2,1H3;3-6,10,15,18H,7H2,1-2H3;3-7H,8H2,1-2H3;2-5,9,14,18H,6H2,1H3,(H,16,17);2*1H;;1H2/q;;;;;;;;+1;/p-1/t22-,25+;21-,24+;;10-,13+;;9-,12+;;;;/m00.0.0..../s1. The topological polar surface area (TPSA) is 526 Å². The number of anilines is 5. The number of piperidine rings is 3. The van der Waals surface area contributed by atoms with Crippen LogP contribution in [0.25, 0.3) is 0 Å². The number of aromatic carboxylic acids is 1. The minimum atomic E-state index is -1.53. The molecule has 0 saturated carbocycles. The zero-order valence-electron chi connectivity index (χ0n) is 80.2. The first kappa shape index (κ1) is 116. The molecule has 0 unspecified atom stereocenters. The van der Waals surface area contributed by atoms with E-state index < -0.39 is 102 Å². The number of aliphatic hydroxyl groups is 8. The number of nitrogens with zero attached hydrogens (tertiary/aromatic N) is 7.